The number of pyridine rings is 1. The second-order valence-electron chi connectivity index (χ2n) is 5.94. The van der Waals surface area contributed by atoms with Gasteiger partial charge in [0, 0.05) is 24.5 Å². The first-order valence-corrected chi connectivity index (χ1v) is 8.09. The van der Waals surface area contributed by atoms with Crippen LogP contribution in [-0.2, 0) is 19.6 Å². The quantitative estimate of drug-likeness (QED) is 0.531. The molecule has 0 spiro atoms. The number of fused-ring (bicyclic) bond motifs is 1. The highest BCUT2D eigenvalue weighted by Gasteiger charge is 2.16. The van der Waals surface area contributed by atoms with Crippen molar-refractivity contribution in [1.82, 2.24) is 9.30 Å². The highest BCUT2D eigenvalue weighted by atomic mass is 16.3. The van der Waals surface area contributed by atoms with Crippen LogP contribution < -0.4 is 0 Å². The van der Waals surface area contributed by atoms with E-state index >= 15 is 0 Å². The lowest BCUT2D eigenvalue weighted by atomic mass is 10.1. The fraction of sp³-hybridized carbons (Fsp3) is 0.150. The third-order valence-corrected chi connectivity index (χ3v) is 4.19. The van der Waals surface area contributed by atoms with Crippen molar-refractivity contribution in [3.8, 4) is 6.07 Å². The van der Waals surface area contributed by atoms with Crippen molar-refractivity contribution in [1.29, 1.82) is 5.26 Å². The SMILES string of the molecule is N#Cc1c(CN(Cc2ccco2)Cc2ccco2)cn2ccccc12. The Morgan fingerprint density at radius 2 is 1.64 bits per heavy atom. The smallest absolute Gasteiger partial charge is 0.117 e. The number of hydrogen-bond acceptors (Lipinski definition) is 4. The molecule has 0 bridgehead atoms. The van der Waals surface area contributed by atoms with Gasteiger partial charge in [-0.15, -0.1) is 0 Å². The Hall–Kier alpha value is -3.23. The van der Waals surface area contributed by atoms with E-state index in [1.165, 1.54) is 0 Å². The van der Waals surface area contributed by atoms with Crippen LogP contribution in [0.4, 0.5) is 0 Å². The van der Waals surface area contributed by atoms with Gasteiger partial charge in [0.2, 0.25) is 0 Å². The van der Waals surface area contributed by atoms with Crippen LogP contribution in [0.5, 0.6) is 0 Å². The summed E-state index contributed by atoms with van der Waals surface area (Å²) in [4.78, 5) is 2.20. The molecule has 0 amide bonds. The Morgan fingerprint density at radius 3 is 2.24 bits per heavy atom. The summed E-state index contributed by atoms with van der Waals surface area (Å²) in [7, 11) is 0. The molecule has 0 atom stereocenters. The van der Waals surface area contributed by atoms with E-state index < -0.39 is 0 Å². The van der Waals surface area contributed by atoms with Crippen LogP contribution in [0.1, 0.15) is 22.6 Å². The third kappa shape index (κ3) is 3.21. The van der Waals surface area contributed by atoms with E-state index in [-0.39, 0.29) is 0 Å². The van der Waals surface area contributed by atoms with Crippen molar-refractivity contribution in [2.45, 2.75) is 19.6 Å². The van der Waals surface area contributed by atoms with Gasteiger partial charge in [0.1, 0.15) is 17.6 Å². The molecule has 4 heterocycles. The largest absolute Gasteiger partial charge is 0.468 e. The van der Waals surface area contributed by atoms with Gasteiger partial charge in [-0.05, 0) is 36.4 Å². The highest BCUT2D eigenvalue weighted by Crippen LogP contribution is 2.21. The van der Waals surface area contributed by atoms with Crippen LogP contribution in [0, 0.1) is 11.3 Å². The summed E-state index contributed by atoms with van der Waals surface area (Å²) in [6, 6.07) is 15.9. The molecular weight excluding hydrogens is 314 g/mol. The van der Waals surface area contributed by atoms with E-state index in [0.717, 1.165) is 22.6 Å². The Bertz CT molecular complexity index is 955. The summed E-state index contributed by atoms with van der Waals surface area (Å²) >= 11 is 0. The molecule has 4 rings (SSSR count). The number of nitriles is 1. The second-order valence-corrected chi connectivity index (χ2v) is 5.94. The molecule has 4 aromatic rings. The Morgan fingerprint density at radius 1 is 0.920 bits per heavy atom. The van der Waals surface area contributed by atoms with Crippen molar-refractivity contribution in [3.05, 3.63) is 90.0 Å². The zero-order chi connectivity index (χ0) is 17.1. The number of aromatic nitrogens is 1. The Labute approximate surface area is 145 Å². The molecule has 0 unspecified atom stereocenters. The second kappa shape index (κ2) is 6.71. The molecule has 25 heavy (non-hydrogen) atoms. The van der Waals surface area contributed by atoms with Crippen molar-refractivity contribution in [2.24, 2.45) is 0 Å². The van der Waals surface area contributed by atoms with E-state index in [2.05, 4.69) is 11.0 Å². The summed E-state index contributed by atoms with van der Waals surface area (Å²) in [5, 5.41) is 9.61. The topological polar surface area (TPSA) is 57.7 Å². The molecule has 0 aliphatic carbocycles. The van der Waals surface area contributed by atoms with Gasteiger partial charge in [-0.3, -0.25) is 4.90 Å². The van der Waals surface area contributed by atoms with Crippen molar-refractivity contribution >= 4 is 5.52 Å². The molecule has 0 aliphatic heterocycles. The molecule has 4 aromatic heterocycles. The first-order chi connectivity index (χ1) is 12.3. The molecule has 5 heteroatoms. The van der Waals surface area contributed by atoms with Gasteiger partial charge in [0.05, 0.1) is 36.7 Å². The van der Waals surface area contributed by atoms with Gasteiger partial charge in [-0.2, -0.15) is 5.26 Å². The third-order valence-electron chi connectivity index (χ3n) is 4.19. The van der Waals surface area contributed by atoms with Crippen LogP contribution >= 0.6 is 0 Å². The monoisotopic (exact) mass is 331 g/mol. The fourth-order valence-corrected chi connectivity index (χ4v) is 3.08. The summed E-state index contributed by atoms with van der Waals surface area (Å²) in [5.74, 6) is 1.77. The molecule has 124 valence electrons. The number of rotatable bonds is 6. The van der Waals surface area contributed by atoms with E-state index in [1.54, 1.807) is 12.5 Å². The lowest BCUT2D eigenvalue weighted by Gasteiger charge is -2.19. The van der Waals surface area contributed by atoms with Gasteiger partial charge in [0.15, 0.2) is 0 Å². The predicted molar refractivity (Wildman–Crippen MR) is 92.5 cm³/mol. The first-order valence-electron chi connectivity index (χ1n) is 8.09. The molecule has 0 radical (unpaired) electrons. The molecule has 0 saturated heterocycles. The Balaban J connectivity index is 1.64. The van der Waals surface area contributed by atoms with Gasteiger partial charge in [-0.1, -0.05) is 6.07 Å². The van der Waals surface area contributed by atoms with Crippen molar-refractivity contribution in [2.75, 3.05) is 0 Å². The molecular formula is C20H17N3O2. The molecule has 0 N–H and O–H groups in total. The minimum absolute atomic E-state index is 0.631. The number of hydrogen-bond donors (Lipinski definition) is 0. The fourth-order valence-electron chi connectivity index (χ4n) is 3.08. The van der Waals surface area contributed by atoms with Crippen LogP contribution in [0.25, 0.3) is 5.52 Å². The van der Waals surface area contributed by atoms with E-state index in [9.17, 15) is 5.26 Å². The van der Waals surface area contributed by atoms with Crippen LogP contribution in [0.15, 0.2) is 76.2 Å². The van der Waals surface area contributed by atoms with Crippen LogP contribution in [-0.4, -0.2) is 9.30 Å². The maximum Gasteiger partial charge on any atom is 0.117 e. The van der Waals surface area contributed by atoms with Crippen molar-refractivity contribution < 1.29 is 8.83 Å². The maximum atomic E-state index is 9.61. The lowest BCUT2D eigenvalue weighted by Crippen LogP contribution is -2.22. The number of furan rings is 2. The zero-order valence-electron chi connectivity index (χ0n) is 13.6. The summed E-state index contributed by atoms with van der Waals surface area (Å²) in [6.45, 7) is 1.92. The summed E-state index contributed by atoms with van der Waals surface area (Å²) in [5.41, 5.74) is 2.63. The van der Waals surface area contributed by atoms with E-state index in [4.69, 9.17) is 8.83 Å². The summed E-state index contributed by atoms with van der Waals surface area (Å²) < 4.78 is 13.0. The molecule has 0 aliphatic rings. The van der Waals surface area contributed by atoms with E-state index in [0.29, 0.717) is 25.2 Å². The zero-order valence-corrected chi connectivity index (χ0v) is 13.6. The minimum Gasteiger partial charge on any atom is -0.468 e. The summed E-state index contributed by atoms with van der Waals surface area (Å²) in [6.07, 6.45) is 7.33. The molecule has 0 saturated carbocycles. The molecule has 0 aromatic carbocycles. The lowest BCUT2D eigenvalue weighted by molar-refractivity contribution is 0.209. The van der Waals surface area contributed by atoms with Crippen molar-refractivity contribution in [3.63, 3.8) is 0 Å². The maximum absolute atomic E-state index is 9.61. The average Bonchev–Trinajstić information content (AvgIpc) is 3.35. The molecule has 0 fully saturated rings. The molecule has 5 nitrogen and oxygen atoms in total. The van der Waals surface area contributed by atoms with Gasteiger partial charge in [-0.25, -0.2) is 0 Å². The Kier molecular flexibility index (Phi) is 4.11. The normalized spacial score (nSPS) is 11.2. The predicted octanol–water partition coefficient (Wildman–Crippen LogP) is 4.20. The van der Waals surface area contributed by atoms with E-state index in [1.807, 2.05) is 59.3 Å². The van der Waals surface area contributed by atoms with Gasteiger partial charge >= 0.3 is 0 Å². The minimum atomic E-state index is 0.631. The van der Waals surface area contributed by atoms with Gasteiger partial charge in [0.25, 0.3) is 0 Å². The van der Waals surface area contributed by atoms with Crippen LogP contribution in [0.3, 0.4) is 0 Å². The van der Waals surface area contributed by atoms with Gasteiger partial charge < -0.3 is 13.2 Å². The first kappa shape index (κ1) is 15.3. The van der Waals surface area contributed by atoms with Crippen LogP contribution in [0.2, 0.25) is 0 Å². The average molecular weight is 331 g/mol. The standard InChI is InChI=1S/C20H17N3O2/c21-11-19-16(13-23-8-2-1-7-20(19)23)12-22(14-17-5-3-9-24-17)15-18-6-4-10-25-18/h1-10,13H,12,14-15H2. The number of nitrogens with zero attached hydrogens (tertiary/aromatic N) is 3. The highest BCUT2D eigenvalue weighted by molar-refractivity contribution is 5.65.